The van der Waals surface area contributed by atoms with Crippen LogP contribution in [0.25, 0.3) is 11.0 Å². The Morgan fingerprint density at radius 2 is 2.24 bits per heavy atom. The lowest BCUT2D eigenvalue weighted by Gasteiger charge is -2.44. The Labute approximate surface area is 123 Å². The largest absolute Gasteiger partial charge is 0.462 e. The molecule has 3 saturated heterocycles. The fourth-order valence-corrected chi connectivity index (χ4v) is 3.62. The molecule has 0 aromatic carbocycles. The minimum atomic E-state index is -0.117. The number of fused-ring (bicyclic) bond motifs is 4. The smallest absolute Gasteiger partial charge is 0.274 e. The Bertz CT molecular complexity index is 686. The topological polar surface area (TPSA) is 58.4 Å². The van der Waals surface area contributed by atoms with Gasteiger partial charge in [-0.2, -0.15) is 0 Å². The first-order valence-electron chi connectivity index (χ1n) is 7.58. The summed E-state index contributed by atoms with van der Waals surface area (Å²) in [7, 11) is 0. The van der Waals surface area contributed by atoms with Crippen molar-refractivity contribution in [2.45, 2.75) is 25.8 Å². The summed E-state index contributed by atoms with van der Waals surface area (Å²) in [4.78, 5) is 19.2. The lowest BCUT2D eigenvalue weighted by molar-refractivity contribution is 0.0618. The average molecular weight is 286 g/mol. The number of furan rings is 1. The molecule has 3 aliphatic rings. The van der Waals surface area contributed by atoms with Gasteiger partial charge < -0.3 is 14.6 Å². The number of carbonyl (C=O) groups is 1. The monoisotopic (exact) mass is 286 g/mol. The van der Waals surface area contributed by atoms with Gasteiger partial charge in [-0.3, -0.25) is 4.79 Å². The third-order valence-corrected chi connectivity index (χ3v) is 4.87. The molecule has 0 radical (unpaired) electrons. The zero-order valence-electron chi connectivity index (χ0n) is 12.1. The summed E-state index contributed by atoms with van der Waals surface area (Å²) in [5.41, 5.74) is 2.02. The second-order valence-electron chi connectivity index (χ2n) is 6.17. The van der Waals surface area contributed by atoms with Gasteiger partial charge >= 0.3 is 0 Å². The number of piperidine rings is 3. The first-order chi connectivity index (χ1) is 10.2. The summed E-state index contributed by atoms with van der Waals surface area (Å²) in [6.45, 7) is 5.27. The van der Waals surface area contributed by atoms with Gasteiger partial charge in [0.15, 0.2) is 11.3 Å². The first-order valence-corrected chi connectivity index (χ1v) is 7.58. The maximum Gasteiger partial charge on any atom is 0.274 e. The number of aryl methyl sites for hydroxylation is 1. The van der Waals surface area contributed by atoms with E-state index in [2.05, 4.69) is 15.2 Å². The Morgan fingerprint density at radius 1 is 1.43 bits per heavy atom. The van der Waals surface area contributed by atoms with E-state index < -0.39 is 0 Å². The second kappa shape index (κ2) is 4.84. The van der Waals surface area contributed by atoms with Gasteiger partial charge in [0.2, 0.25) is 0 Å². The SMILES string of the molecule is Cc1coc2c(C(=O)N[C@@H]3CN4CCC3CC4)n[13cH]cc12. The molecule has 5 heterocycles. The second-order valence-corrected chi connectivity index (χ2v) is 6.17. The van der Waals surface area contributed by atoms with Gasteiger partial charge in [0.25, 0.3) is 5.91 Å². The first kappa shape index (κ1) is 12.8. The van der Waals surface area contributed by atoms with Crippen molar-refractivity contribution in [1.29, 1.82) is 0 Å². The highest BCUT2D eigenvalue weighted by Gasteiger charge is 2.35. The van der Waals surface area contributed by atoms with Gasteiger partial charge in [0.1, 0.15) is 0 Å². The van der Waals surface area contributed by atoms with E-state index in [1.807, 2.05) is 13.0 Å². The lowest BCUT2D eigenvalue weighted by atomic mass is 9.84. The highest BCUT2D eigenvalue weighted by atomic mass is 16.3. The number of pyridine rings is 1. The molecule has 5 nitrogen and oxygen atoms in total. The fourth-order valence-electron chi connectivity index (χ4n) is 3.62. The van der Waals surface area contributed by atoms with Crippen LogP contribution in [0.2, 0.25) is 0 Å². The fraction of sp³-hybridized carbons (Fsp3) is 0.500. The number of aromatic nitrogens is 1. The summed E-state index contributed by atoms with van der Waals surface area (Å²) in [6, 6.07) is 2.13. The summed E-state index contributed by atoms with van der Waals surface area (Å²) in [5, 5.41) is 4.13. The molecule has 2 bridgehead atoms. The molecule has 0 aliphatic carbocycles. The van der Waals surface area contributed by atoms with Crippen LogP contribution in [-0.2, 0) is 0 Å². The highest BCUT2D eigenvalue weighted by Crippen LogP contribution is 2.28. The van der Waals surface area contributed by atoms with Crippen molar-refractivity contribution in [2.75, 3.05) is 19.6 Å². The number of nitrogens with one attached hydrogen (secondary N) is 1. The van der Waals surface area contributed by atoms with Crippen molar-refractivity contribution in [1.82, 2.24) is 15.2 Å². The number of hydrogen-bond acceptors (Lipinski definition) is 4. The normalized spacial score (nSPS) is 28.0. The molecule has 1 N–H and O–H groups in total. The maximum atomic E-state index is 12.6. The van der Waals surface area contributed by atoms with Gasteiger partial charge in [-0.25, -0.2) is 4.98 Å². The summed E-state index contributed by atoms with van der Waals surface area (Å²) in [5.74, 6) is 0.491. The van der Waals surface area contributed by atoms with Crippen LogP contribution in [0.1, 0.15) is 28.9 Å². The zero-order chi connectivity index (χ0) is 14.4. The third-order valence-electron chi connectivity index (χ3n) is 4.87. The Balaban J connectivity index is 1.59. The molecule has 3 aliphatic heterocycles. The van der Waals surface area contributed by atoms with E-state index in [0.717, 1.165) is 17.5 Å². The molecule has 21 heavy (non-hydrogen) atoms. The van der Waals surface area contributed by atoms with Crippen LogP contribution < -0.4 is 5.32 Å². The molecular weight excluding hydrogens is 267 g/mol. The van der Waals surface area contributed by atoms with E-state index in [0.29, 0.717) is 17.2 Å². The van der Waals surface area contributed by atoms with E-state index in [-0.39, 0.29) is 11.9 Å². The predicted molar refractivity (Wildman–Crippen MR) is 79.2 cm³/mol. The molecule has 0 saturated carbocycles. The summed E-state index contributed by atoms with van der Waals surface area (Å²) in [6.07, 6.45) is 5.72. The number of nitrogens with zero attached hydrogens (tertiary/aromatic N) is 2. The van der Waals surface area contributed by atoms with Gasteiger partial charge in [0, 0.05) is 24.2 Å². The number of carbonyl (C=O) groups excluding carboxylic acids is 1. The molecule has 3 fully saturated rings. The van der Waals surface area contributed by atoms with E-state index in [4.69, 9.17) is 4.42 Å². The zero-order valence-corrected chi connectivity index (χ0v) is 12.1. The van der Waals surface area contributed by atoms with E-state index in [1.54, 1.807) is 12.5 Å². The maximum absolute atomic E-state index is 12.6. The van der Waals surface area contributed by atoms with Crippen molar-refractivity contribution in [3.05, 3.63) is 29.8 Å². The third kappa shape index (κ3) is 2.12. The molecule has 0 unspecified atom stereocenters. The quantitative estimate of drug-likeness (QED) is 0.917. The molecule has 1 atom stereocenters. The van der Waals surface area contributed by atoms with Crippen molar-refractivity contribution >= 4 is 16.9 Å². The van der Waals surface area contributed by atoms with E-state index >= 15 is 0 Å². The van der Waals surface area contributed by atoms with Crippen LogP contribution in [0.15, 0.2) is 22.9 Å². The molecular formula is C16H19N3O2. The minimum absolute atomic E-state index is 0.117. The van der Waals surface area contributed by atoms with E-state index in [1.165, 1.54) is 25.9 Å². The van der Waals surface area contributed by atoms with Gasteiger partial charge in [-0.1, -0.05) is 0 Å². The minimum Gasteiger partial charge on any atom is -0.462 e. The van der Waals surface area contributed by atoms with Crippen LogP contribution in [-0.4, -0.2) is 41.5 Å². The molecule has 110 valence electrons. The predicted octanol–water partition coefficient (Wildman–Crippen LogP) is 1.96. The summed E-state index contributed by atoms with van der Waals surface area (Å²) < 4.78 is 5.52. The van der Waals surface area contributed by atoms with Crippen molar-refractivity contribution in [3.63, 3.8) is 0 Å². The molecule has 2 aromatic rings. The summed E-state index contributed by atoms with van der Waals surface area (Å²) >= 11 is 0. The molecule has 0 spiro atoms. The standard InChI is InChI=1S/C16H19N3O2/c1-10-9-21-15-12(10)2-5-17-14(15)16(20)18-13-8-19-6-3-11(13)4-7-19/h2,5,9,11,13H,3-4,6-8H2,1H3,(H,18,20)/t13-/m1/s1/i5+1. The number of amides is 1. The Hall–Kier alpha value is -1.88. The van der Waals surface area contributed by atoms with Crippen LogP contribution >= 0.6 is 0 Å². The van der Waals surface area contributed by atoms with Gasteiger partial charge in [-0.15, -0.1) is 0 Å². The number of rotatable bonds is 2. The molecule has 2 aromatic heterocycles. The Kier molecular flexibility index (Phi) is 2.96. The molecule has 5 heteroatoms. The van der Waals surface area contributed by atoms with Crippen molar-refractivity contribution in [2.24, 2.45) is 5.92 Å². The van der Waals surface area contributed by atoms with Crippen molar-refractivity contribution in [3.8, 4) is 0 Å². The van der Waals surface area contributed by atoms with Crippen LogP contribution in [0.5, 0.6) is 0 Å². The van der Waals surface area contributed by atoms with Gasteiger partial charge in [0.05, 0.1) is 6.26 Å². The molecule has 5 rings (SSSR count). The van der Waals surface area contributed by atoms with Crippen LogP contribution in [0, 0.1) is 12.8 Å². The highest BCUT2D eigenvalue weighted by molar-refractivity contribution is 6.03. The van der Waals surface area contributed by atoms with E-state index in [9.17, 15) is 4.79 Å². The van der Waals surface area contributed by atoms with Gasteiger partial charge in [-0.05, 0) is 50.4 Å². The van der Waals surface area contributed by atoms with Crippen molar-refractivity contribution < 1.29 is 9.21 Å². The lowest BCUT2D eigenvalue weighted by Crippen LogP contribution is -2.57. The van der Waals surface area contributed by atoms with Crippen LogP contribution in [0.4, 0.5) is 0 Å². The molecule has 1 amide bonds. The number of hydrogen-bond donors (Lipinski definition) is 1. The van der Waals surface area contributed by atoms with Crippen LogP contribution in [0.3, 0.4) is 0 Å². The average Bonchev–Trinajstić information content (AvgIpc) is 2.90. The Morgan fingerprint density at radius 3 is 2.95 bits per heavy atom.